The maximum atomic E-state index is 12.0. The van der Waals surface area contributed by atoms with E-state index in [4.69, 9.17) is 0 Å². The normalized spacial score (nSPS) is 21.1. The third-order valence-electron chi connectivity index (χ3n) is 4.07. The Bertz CT molecular complexity index is 463. The molecule has 0 spiro atoms. The van der Waals surface area contributed by atoms with Gasteiger partial charge in [0, 0.05) is 44.6 Å². The van der Waals surface area contributed by atoms with Crippen molar-refractivity contribution in [3.63, 3.8) is 0 Å². The SMILES string of the molecule is Cn1ccnc1SCC(=O)NC1CCN(C2CC2)CC1. The van der Waals surface area contributed by atoms with E-state index in [0.717, 1.165) is 37.1 Å². The number of hydrogen-bond donors (Lipinski definition) is 1. The van der Waals surface area contributed by atoms with Crippen molar-refractivity contribution in [1.82, 2.24) is 19.8 Å². The lowest BCUT2D eigenvalue weighted by molar-refractivity contribution is -0.119. The molecular formula is C14H22N4OS. The van der Waals surface area contributed by atoms with E-state index < -0.39 is 0 Å². The zero-order chi connectivity index (χ0) is 13.9. The molecule has 0 radical (unpaired) electrons. The maximum absolute atomic E-state index is 12.0. The Morgan fingerprint density at radius 3 is 2.75 bits per heavy atom. The monoisotopic (exact) mass is 294 g/mol. The maximum Gasteiger partial charge on any atom is 0.230 e. The van der Waals surface area contributed by atoms with Crippen LogP contribution < -0.4 is 5.32 Å². The lowest BCUT2D eigenvalue weighted by atomic mass is 10.1. The second-order valence-electron chi connectivity index (χ2n) is 5.72. The topological polar surface area (TPSA) is 50.2 Å². The average molecular weight is 294 g/mol. The third kappa shape index (κ3) is 3.55. The van der Waals surface area contributed by atoms with E-state index >= 15 is 0 Å². The Balaban J connectivity index is 1.37. The van der Waals surface area contributed by atoms with Crippen molar-refractivity contribution < 1.29 is 4.79 Å². The minimum atomic E-state index is 0.128. The number of carbonyl (C=O) groups excluding carboxylic acids is 1. The minimum absolute atomic E-state index is 0.128. The van der Waals surface area contributed by atoms with Crippen LogP contribution in [-0.4, -0.2) is 51.3 Å². The van der Waals surface area contributed by atoms with Crippen LogP contribution in [0.5, 0.6) is 0 Å². The first-order chi connectivity index (χ1) is 9.72. The Labute approximate surface area is 124 Å². The molecule has 1 saturated carbocycles. The molecule has 0 atom stereocenters. The summed E-state index contributed by atoms with van der Waals surface area (Å²) in [6.45, 7) is 2.28. The van der Waals surface area contributed by atoms with E-state index in [9.17, 15) is 4.79 Å². The highest BCUT2D eigenvalue weighted by atomic mass is 32.2. The molecule has 1 aromatic heterocycles. The molecule has 20 heavy (non-hydrogen) atoms. The largest absolute Gasteiger partial charge is 0.353 e. The number of rotatable bonds is 5. The second-order valence-corrected chi connectivity index (χ2v) is 6.66. The van der Waals surface area contributed by atoms with E-state index in [0.29, 0.717) is 11.8 Å². The first-order valence-corrected chi connectivity index (χ1v) is 8.34. The molecule has 1 N–H and O–H groups in total. The van der Waals surface area contributed by atoms with Crippen LogP contribution in [0.15, 0.2) is 17.6 Å². The third-order valence-corrected chi connectivity index (χ3v) is 5.13. The molecule has 6 heteroatoms. The molecule has 1 aromatic rings. The molecule has 3 rings (SSSR count). The van der Waals surface area contributed by atoms with Crippen LogP contribution in [0.2, 0.25) is 0 Å². The number of amides is 1. The van der Waals surface area contributed by atoms with Crippen LogP contribution in [0.3, 0.4) is 0 Å². The fraction of sp³-hybridized carbons (Fsp3) is 0.714. The number of hydrogen-bond acceptors (Lipinski definition) is 4. The summed E-state index contributed by atoms with van der Waals surface area (Å²) in [4.78, 5) is 18.7. The van der Waals surface area contributed by atoms with Crippen molar-refractivity contribution in [2.75, 3.05) is 18.8 Å². The molecule has 1 saturated heterocycles. The number of likely N-dealkylation sites (tertiary alicyclic amines) is 1. The summed E-state index contributed by atoms with van der Waals surface area (Å²) in [6, 6.07) is 1.21. The molecule has 1 aliphatic carbocycles. The first-order valence-electron chi connectivity index (χ1n) is 7.36. The van der Waals surface area contributed by atoms with E-state index in [1.807, 2.05) is 17.8 Å². The second kappa shape index (κ2) is 6.18. The number of nitrogens with one attached hydrogen (secondary N) is 1. The van der Waals surface area contributed by atoms with Crippen molar-refractivity contribution in [3.8, 4) is 0 Å². The predicted molar refractivity (Wildman–Crippen MR) is 79.7 cm³/mol. The average Bonchev–Trinajstić information content (AvgIpc) is 3.21. The Morgan fingerprint density at radius 2 is 2.15 bits per heavy atom. The van der Waals surface area contributed by atoms with Gasteiger partial charge in [-0.15, -0.1) is 0 Å². The molecule has 2 fully saturated rings. The molecule has 2 aliphatic rings. The summed E-state index contributed by atoms with van der Waals surface area (Å²) in [6.07, 6.45) is 8.58. The van der Waals surface area contributed by atoms with Crippen LogP contribution in [0, 0.1) is 0 Å². The van der Waals surface area contributed by atoms with E-state index in [1.54, 1.807) is 6.20 Å². The van der Waals surface area contributed by atoms with Crippen molar-refractivity contribution in [2.24, 2.45) is 7.05 Å². The van der Waals surface area contributed by atoms with E-state index in [1.165, 1.54) is 24.6 Å². The summed E-state index contributed by atoms with van der Waals surface area (Å²) in [7, 11) is 1.95. The molecule has 5 nitrogen and oxygen atoms in total. The van der Waals surface area contributed by atoms with Gasteiger partial charge >= 0.3 is 0 Å². The number of thioether (sulfide) groups is 1. The fourth-order valence-corrected chi connectivity index (χ4v) is 3.48. The van der Waals surface area contributed by atoms with Gasteiger partial charge in [0.15, 0.2) is 5.16 Å². The lowest BCUT2D eigenvalue weighted by Crippen LogP contribution is -2.45. The zero-order valence-corrected chi connectivity index (χ0v) is 12.7. The Hall–Kier alpha value is -1.01. The number of piperidine rings is 1. The van der Waals surface area contributed by atoms with Crippen molar-refractivity contribution in [1.29, 1.82) is 0 Å². The molecular weight excluding hydrogens is 272 g/mol. The molecule has 2 heterocycles. The van der Waals surface area contributed by atoms with Crippen LogP contribution in [0.1, 0.15) is 25.7 Å². The number of carbonyl (C=O) groups is 1. The van der Waals surface area contributed by atoms with Gasteiger partial charge in [-0.1, -0.05) is 11.8 Å². The van der Waals surface area contributed by atoms with Gasteiger partial charge in [-0.25, -0.2) is 4.98 Å². The van der Waals surface area contributed by atoms with E-state index in [2.05, 4.69) is 15.2 Å². The van der Waals surface area contributed by atoms with Crippen molar-refractivity contribution >= 4 is 17.7 Å². The van der Waals surface area contributed by atoms with Gasteiger partial charge in [-0.05, 0) is 25.7 Å². The van der Waals surface area contributed by atoms with Gasteiger partial charge < -0.3 is 14.8 Å². The molecule has 0 bridgehead atoms. The molecule has 1 amide bonds. The standard InChI is InChI=1S/C14H22N4OS/c1-17-9-6-15-14(17)20-10-13(19)16-11-4-7-18(8-5-11)12-2-3-12/h6,9,11-12H,2-5,7-8,10H2,1H3,(H,16,19). The summed E-state index contributed by atoms with van der Waals surface area (Å²) in [5, 5.41) is 4.05. The smallest absolute Gasteiger partial charge is 0.230 e. The van der Waals surface area contributed by atoms with Crippen LogP contribution in [0.4, 0.5) is 0 Å². The number of imidazole rings is 1. The summed E-state index contributed by atoms with van der Waals surface area (Å²) < 4.78 is 1.94. The van der Waals surface area contributed by atoms with Crippen LogP contribution >= 0.6 is 11.8 Å². The Kier molecular flexibility index (Phi) is 4.31. The quantitative estimate of drug-likeness (QED) is 0.831. The van der Waals surface area contributed by atoms with Crippen LogP contribution in [-0.2, 0) is 11.8 Å². The van der Waals surface area contributed by atoms with Crippen LogP contribution in [0.25, 0.3) is 0 Å². The van der Waals surface area contributed by atoms with Gasteiger partial charge in [-0.2, -0.15) is 0 Å². The summed E-state index contributed by atoms with van der Waals surface area (Å²) in [5.74, 6) is 0.580. The number of nitrogens with zero attached hydrogens (tertiary/aromatic N) is 3. The molecule has 1 aliphatic heterocycles. The first kappa shape index (κ1) is 13.9. The summed E-state index contributed by atoms with van der Waals surface area (Å²) in [5.41, 5.74) is 0. The van der Waals surface area contributed by atoms with Gasteiger partial charge in [0.25, 0.3) is 0 Å². The molecule has 110 valence electrons. The highest BCUT2D eigenvalue weighted by Crippen LogP contribution is 2.29. The Morgan fingerprint density at radius 1 is 1.40 bits per heavy atom. The van der Waals surface area contributed by atoms with Crippen molar-refractivity contribution in [3.05, 3.63) is 12.4 Å². The molecule has 0 aromatic carbocycles. The minimum Gasteiger partial charge on any atom is -0.353 e. The highest BCUT2D eigenvalue weighted by Gasteiger charge is 2.32. The van der Waals surface area contributed by atoms with Gasteiger partial charge in [-0.3, -0.25) is 4.79 Å². The highest BCUT2D eigenvalue weighted by molar-refractivity contribution is 7.99. The van der Waals surface area contributed by atoms with Crippen molar-refractivity contribution in [2.45, 2.75) is 42.9 Å². The van der Waals surface area contributed by atoms with Gasteiger partial charge in [0.1, 0.15) is 0 Å². The molecule has 0 unspecified atom stereocenters. The van der Waals surface area contributed by atoms with Gasteiger partial charge in [0.05, 0.1) is 5.75 Å². The summed E-state index contributed by atoms with van der Waals surface area (Å²) >= 11 is 1.50. The lowest BCUT2D eigenvalue weighted by Gasteiger charge is -2.32. The van der Waals surface area contributed by atoms with E-state index in [-0.39, 0.29) is 5.91 Å². The number of aromatic nitrogens is 2. The van der Waals surface area contributed by atoms with Gasteiger partial charge in [0.2, 0.25) is 5.91 Å². The zero-order valence-electron chi connectivity index (χ0n) is 11.9. The fourth-order valence-electron chi connectivity index (χ4n) is 2.74. The number of aryl methyl sites for hydroxylation is 1. The predicted octanol–water partition coefficient (Wildman–Crippen LogP) is 1.26.